The second kappa shape index (κ2) is 6.11. The predicted molar refractivity (Wildman–Crippen MR) is 73.8 cm³/mol. The lowest BCUT2D eigenvalue weighted by atomic mass is 10.3. The van der Waals surface area contributed by atoms with Crippen molar-refractivity contribution in [3.63, 3.8) is 0 Å². The third kappa shape index (κ3) is 3.40. The van der Waals surface area contributed by atoms with Gasteiger partial charge in [0.1, 0.15) is 0 Å². The summed E-state index contributed by atoms with van der Waals surface area (Å²) in [7, 11) is 0. The van der Waals surface area contributed by atoms with Crippen LogP contribution in [0.4, 0.5) is 0 Å². The van der Waals surface area contributed by atoms with Crippen LogP contribution in [-0.2, 0) is 6.42 Å². The van der Waals surface area contributed by atoms with Crippen molar-refractivity contribution in [2.75, 3.05) is 6.54 Å². The molecule has 0 aromatic carbocycles. The molecule has 0 saturated carbocycles. The molecule has 0 spiro atoms. The van der Waals surface area contributed by atoms with E-state index in [0.29, 0.717) is 11.9 Å². The summed E-state index contributed by atoms with van der Waals surface area (Å²) in [4.78, 5) is 1.08. The van der Waals surface area contributed by atoms with Gasteiger partial charge in [0, 0.05) is 12.5 Å². The zero-order valence-electron chi connectivity index (χ0n) is 11.1. The zero-order valence-corrected chi connectivity index (χ0v) is 11.9. The second-order valence-corrected chi connectivity index (χ2v) is 5.56. The summed E-state index contributed by atoms with van der Waals surface area (Å²) in [5.41, 5.74) is 1.19. The van der Waals surface area contributed by atoms with Crippen molar-refractivity contribution in [1.29, 1.82) is 0 Å². The van der Waals surface area contributed by atoms with E-state index in [1.807, 2.05) is 5.38 Å². The van der Waals surface area contributed by atoms with Crippen LogP contribution < -0.4 is 5.32 Å². The highest BCUT2D eigenvalue weighted by Gasteiger charge is 2.11. The van der Waals surface area contributed by atoms with Crippen LogP contribution >= 0.6 is 11.3 Å². The van der Waals surface area contributed by atoms with E-state index in [4.69, 9.17) is 4.42 Å². The fourth-order valence-electron chi connectivity index (χ4n) is 1.67. The molecule has 0 amide bonds. The van der Waals surface area contributed by atoms with Crippen LogP contribution in [0.2, 0.25) is 0 Å². The van der Waals surface area contributed by atoms with Gasteiger partial charge in [-0.2, -0.15) is 0 Å². The second-order valence-electron chi connectivity index (χ2n) is 4.65. The molecular weight excluding hydrogens is 246 g/mol. The largest absolute Gasteiger partial charge is 0.420 e. The van der Waals surface area contributed by atoms with E-state index in [1.54, 1.807) is 11.3 Å². The average Bonchev–Trinajstić information content (AvgIpc) is 2.92. The first kappa shape index (κ1) is 13.2. The fraction of sp³-hybridized carbons (Fsp3) is 0.538. The van der Waals surface area contributed by atoms with Crippen molar-refractivity contribution in [1.82, 2.24) is 15.5 Å². The quantitative estimate of drug-likeness (QED) is 0.816. The molecule has 0 fully saturated rings. The summed E-state index contributed by atoms with van der Waals surface area (Å²) in [6.45, 7) is 7.32. The molecule has 0 aliphatic heterocycles. The Hall–Kier alpha value is -1.20. The van der Waals surface area contributed by atoms with E-state index in [9.17, 15) is 0 Å². The molecule has 18 heavy (non-hydrogen) atoms. The average molecular weight is 265 g/mol. The maximum atomic E-state index is 5.68. The SMILES string of the molecule is Cc1ccsc1-c1nnc(CCCNC(C)C)o1. The van der Waals surface area contributed by atoms with Crippen LogP contribution in [-0.4, -0.2) is 22.8 Å². The van der Waals surface area contributed by atoms with Crippen molar-refractivity contribution in [2.45, 2.75) is 39.7 Å². The van der Waals surface area contributed by atoms with Crippen LogP contribution in [0.25, 0.3) is 10.8 Å². The van der Waals surface area contributed by atoms with E-state index in [2.05, 4.69) is 42.4 Å². The van der Waals surface area contributed by atoms with E-state index in [-0.39, 0.29) is 0 Å². The Morgan fingerprint density at radius 1 is 1.39 bits per heavy atom. The van der Waals surface area contributed by atoms with Gasteiger partial charge in [0.05, 0.1) is 4.88 Å². The number of aryl methyl sites for hydroxylation is 2. The Morgan fingerprint density at radius 2 is 2.22 bits per heavy atom. The molecule has 0 aliphatic carbocycles. The van der Waals surface area contributed by atoms with Gasteiger partial charge in [-0.1, -0.05) is 13.8 Å². The molecular formula is C13H19N3OS. The van der Waals surface area contributed by atoms with Gasteiger partial charge < -0.3 is 9.73 Å². The van der Waals surface area contributed by atoms with E-state index in [0.717, 1.165) is 30.2 Å². The minimum Gasteiger partial charge on any atom is -0.420 e. The molecule has 0 atom stereocenters. The van der Waals surface area contributed by atoms with E-state index < -0.39 is 0 Å². The summed E-state index contributed by atoms with van der Waals surface area (Å²) < 4.78 is 5.68. The van der Waals surface area contributed by atoms with Gasteiger partial charge in [0.2, 0.25) is 5.89 Å². The highest BCUT2D eigenvalue weighted by molar-refractivity contribution is 7.13. The number of nitrogens with one attached hydrogen (secondary N) is 1. The smallest absolute Gasteiger partial charge is 0.257 e. The highest BCUT2D eigenvalue weighted by atomic mass is 32.1. The van der Waals surface area contributed by atoms with Crippen LogP contribution in [0.5, 0.6) is 0 Å². The minimum atomic E-state index is 0.525. The molecule has 0 radical (unpaired) electrons. The number of hydrogen-bond acceptors (Lipinski definition) is 5. The lowest BCUT2D eigenvalue weighted by molar-refractivity contribution is 0.484. The molecule has 2 aromatic rings. The Kier molecular flexibility index (Phi) is 4.49. The summed E-state index contributed by atoms with van der Waals surface area (Å²) in [5, 5.41) is 13.6. The molecule has 1 N–H and O–H groups in total. The molecule has 2 heterocycles. The van der Waals surface area contributed by atoms with Gasteiger partial charge in [-0.25, -0.2) is 0 Å². The molecule has 2 aromatic heterocycles. The van der Waals surface area contributed by atoms with Crippen LogP contribution in [0.15, 0.2) is 15.9 Å². The highest BCUT2D eigenvalue weighted by Crippen LogP contribution is 2.27. The van der Waals surface area contributed by atoms with Crippen molar-refractivity contribution in [3.8, 4) is 10.8 Å². The van der Waals surface area contributed by atoms with Gasteiger partial charge in [0.15, 0.2) is 0 Å². The molecule has 2 rings (SSSR count). The summed E-state index contributed by atoms with van der Waals surface area (Å²) in [5.74, 6) is 1.37. The fourth-order valence-corrected chi connectivity index (χ4v) is 2.51. The number of thiophene rings is 1. The Morgan fingerprint density at radius 3 is 2.89 bits per heavy atom. The molecule has 4 nitrogen and oxygen atoms in total. The van der Waals surface area contributed by atoms with Crippen molar-refractivity contribution < 1.29 is 4.42 Å². The number of hydrogen-bond donors (Lipinski definition) is 1. The Labute approximate surface area is 111 Å². The monoisotopic (exact) mass is 265 g/mol. The topological polar surface area (TPSA) is 51.0 Å². The number of rotatable bonds is 6. The van der Waals surface area contributed by atoms with Crippen molar-refractivity contribution in [3.05, 3.63) is 22.9 Å². The third-order valence-corrected chi connectivity index (χ3v) is 3.65. The van der Waals surface area contributed by atoms with Gasteiger partial charge in [-0.3, -0.25) is 0 Å². The molecule has 98 valence electrons. The maximum Gasteiger partial charge on any atom is 0.257 e. The molecule has 0 saturated heterocycles. The Balaban J connectivity index is 1.89. The normalized spacial score (nSPS) is 11.3. The first-order valence-electron chi connectivity index (χ1n) is 6.27. The van der Waals surface area contributed by atoms with Gasteiger partial charge in [-0.05, 0) is 36.9 Å². The van der Waals surface area contributed by atoms with Crippen LogP contribution in [0.3, 0.4) is 0 Å². The third-order valence-electron chi connectivity index (χ3n) is 2.64. The first-order chi connectivity index (χ1) is 8.66. The summed E-state index contributed by atoms with van der Waals surface area (Å²) >= 11 is 1.64. The number of aromatic nitrogens is 2. The van der Waals surface area contributed by atoms with E-state index >= 15 is 0 Å². The van der Waals surface area contributed by atoms with Gasteiger partial charge >= 0.3 is 0 Å². The van der Waals surface area contributed by atoms with E-state index in [1.165, 1.54) is 5.56 Å². The maximum absolute atomic E-state index is 5.68. The van der Waals surface area contributed by atoms with Gasteiger partial charge in [0.25, 0.3) is 5.89 Å². The Bertz CT molecular complexity index is 490. The lowest BCUT2D eigenvalue weighted by Gasteiger charge is -2.05. The molecule has 0 unspecified atom stereocenters. The van der Waals surface area contributed by atoms with Crippen LogP contribution in [0, 0.1) is 6.92 Å². The van der Waals surface area contributed by atoms with Crippen molar-refractivity contribution >= 4 is 11.3 Å². The zero-order chi connectivity index (χ0) is 13.0. The molecule has 5 heteroatoms. The van der Waals surface area contributed by atoms with Crippen LogP contribution in [0.1, 0.15) is 31.7 Å². The molecule has 0 aliphatic rings. The lowest BCUT2D eigenvalue weighted by Crippen LogP contribution is -2.23. The van der Waals surface area contributed by atoms with Crippen molar-refractivity contribution in [2.24, 2.45) is 0 Å². The molecule has 0 bridgehead atoms. The number of nitrogens with zero attached hydrogens (tertiary/aromatic N) is 2. The summed E-state index contributed by atoms with van der Waals surface area (Å²) in [6, 6.07) is 2.59. The first-order valence-corrected chi connectivity index (χ1v) is 7.15. The minimum absolute atomic E-state index is 0.525. The standard InChI is InChI=1S/C13H19N3OS/c1-9(2)14-7-4-5-11-15-16-13(17-11)12-10(3)6-8-18-12/h6,8-9,14H,4-5,7H2,1-3H3. The predicted octanol–water partition coefficient (Wildman–Crippen LogP) is 3.04. The van der Waals surface area contributed by atoms with Gasteiger partial charge in [-0.15, -0.1) is 21.5 Å². The summed E-state index contributed by atoms with van der Waals surface area (Å²) in [6.07, 6.45) is 1.85.